The molecule has 0 aromatic heterocycles. The van der Waals surface area contributed by atoms with Gasteiger partial charge in [-0.1, -0.05) is 12.5 Å². The molecule has 6 nitrogen and oxygen atoms in total. The van der Waals surface area contributed by atoms with Crippen molar-refractivity contribution in [2.45, 2.75) is 76.8 Å². The molecule has 0 N–H and O–H groups in total. The van der Waals surface area contributed by atoms with Crippen LogP contribution in [0.4, 0.5) is 0 Å². The Balaban J connectivity index is 1.50. The largest absolute Gasteiger partial charge is 0.466 e. The van der Waals surface area contributed by atoms with Gasteiger partial charge in [0.05, 0.1) is 13.2 Å². The lowest BCUT2D eigenvalue weighted by atomic mass is 9.50. The number of allylic oxidation sites excluding steroid dienone is 1. The van der Waals surface area contributed by atoms with Crippen molar-refractivity contribution in [3.05, 3.63) is 23.5 Å². The van der Waals surface area contributed by atoms with Gasteiger partial charge in [-0.25, -0.2) is 4.79 Å². The SMILES string of the molecule is COC(=O)/C=C1/O[C@](C)(OC)O[C@]12CC[C@H]1[C@@H]3CCC4=CC(=O)CC[C@@H]4[C@H]3CC[C@@]12C. The molecule has 6 heteroatoms. The third-order valence-corrected chi connectivity index (χ3v) is 9.29. The van der Waals surface area contributed by atoms with Crippen LogP contribution in [0.1, 0.15) is 65.2 Å². The minimum atomic E-state index is -1.21. The molecule has 1 saturated heterocycles. The molecule has 0 aromatic rings. The molecule has 5 aliphatic rings. The second-order valence-corrected chi connectivity index (χ2v) is 10.4. The number of carbonyl (C=O) groups excluding carboxylic acids is 2. The summed E-state index contributed by atoms with van der Waals surface area (Å²) in [6.07, 6.45) is 11.3. The monoisotopic (exact) mass is 430 g/mol. The lowest BCUT2D eigenvalue weighted by molar-refractivity contribution is -0.331. The predicted octanol–water partition coefficient (Wildman–Crippen LogP) is 4.29. The van der Waals surface area contributed by atoms with E-state index in [1.54, 1.807) is 14.0 Å². The molecule has 7 atom stereocenters. The highest BCUT2D eigenvalue weighted by Crippen LogP contribution is 2.69. The quantitative estimate of drug-likeness (QED) is 0.481. The molecule has 0 radical (unpaired) electrons. The molecule has 0 unspecified atom stereocenters. The molecule has 1 spiro atoms. The number of hydrogen-bond donors (Lipinski definition) is 0. The van der Waals surface area contributed by atoms with Gasteiger partial charge in [-0.15, -0.1) is 0 Å². The first-order valence-electron chi connectivity index (χ1n) is 11.7. The highest BCUT2D eigenvalue weighted by atomic mass is 16.9. The van der Waals surface area contributed by atoms with Gasteiger partial charge >= 0.3 is 11.9 Å². The summed E-state index contributed by atoms with van der Waals surface area (Å²) in [6, 6.07) is 0. The van der Waals surface area contributed by atoms with E-state index in [0.717, 1.165) is 44.9 Å². The predicted molar refractivity (Wildman–Crippen MR) is 113 cm³/mol. The summed E-state index contributed by atoms with van der Waals surface area (Å²) < 4.78 is 23.2. The number of carbonyl (C=O) groups is 2. The van der Waals surface area contributed by atoms with E-state index >= 15 is 0 Å². The van der Waals surface area contributed by atoms with E-state index in [-0.39, 0.29) is 5.41 Å². The van der Waals surface area contributed by atoms with Crippen LogP contribution in [-0.2, 0) is 28.5 Å². The normalized spacial score (nSPS) is 47.4. The molecule has 0 bridgehead atoms. The van der Waals surface area contributed by atoms with Gasteiger partial charge in [0.1, 0.15) is 11.4 Å². The van der Waals surface area contributed by atoms with Crippen LogP contribution in [0.25, 0.3) is 0 Å². The Kier molecular flexibility index (Phi) is 4.91. The summed E-state index contributed by atoms with van der Waals surface area (Å²) in [7, 11) is 2.95. The average molecular weight is 431 g/mol. The Labute approximate surface area is 184 Å². The molecule has 0 amide bonds. The Hall–Kier alpha value is -1.66. The molecular weight excluding hydrogens is 396 g/mol. The topological polar surface area (TPSA) is 71.1 Å². The van der Waals surface area contributed by atoms with E-state index in [0.29, 0.717) is 41.6 Å². The fraction of sp³-hybridized carbons (Fsp3) is 0.760. The van der Waals surface area contributed by atoms with Crippen LogP contribution >= 0.6 is 0 Å². The summed E-state index contributed by atoms with van der Waals surface area (Å²) in [5.74, 6) is 1.53. The van der Waals surface area contributed by atoms with E-state index in [2.05, 4.69) is 6.92 Å². The minimum absolute atomic E-state index is 0.143. The maximum Gasteiger partial charge on any atom is 0.333 e. The number of esters is 1. The van der Waals surface area contributed by atoms with Gasteiger partial charge in [-0.05, 0) is 74.7 Å². The summed E-state index contributed by atoms with van der Waals surface area (Å²) in [4.78, 5) is 24.1. The van der Waals surface area contributed by atoms with Crippen molar-refractivity contribution in [2.75, 3.05) is 14.2 Å². The Morgan fingerprint density at radius 1 is 1.10 bits per heavy atom. The van der Waals surface area contributed by atoms with Gasteiger partial charge in [-0.3, -0.25) is 4.79 Å². The zero-order chi connectivity index (χ0) is 22.0. The lowest BCUT2D eigenvalue weighted by Gasteiger charge is -2.55. The van der Waals surface area contributed by atoms with Crippen LogP contribution in [0, 0.1) is 29.1 Å². The molecule has 1 aliphatic heterocycles. The van der Waals surface area contributed by atoms with E-state index in [1.807, 2.05) is 6.08 Å². The van der Waals surface area contributed by atoms with Crippen LogP contribution < -0.4 is 0 Å². The van der Waals surface area contributed by atoms with Gasteiger partial charge in [0.25, 0.3) is 0 Å². The van der Waals surface area contributed by atoms with Crippen LogP contribution in [0.5, 0.6) is 0 Å². The molecular formula is C25H34O6. The smallest absolute Gasteiger partial charge is 0.333 e. The number of ether oxygens (including phenoxy) is 4. The second kappa shape index (κ2) is 7.17. The molecule has 31 heavy (non-hydrogen) atoms. The van der Waals surface area contributed by atoms with Crippen molar-refractivity contribution in [3.8, 4) is 0 Å². The highest BCUT2D eigenvalue weighted by molar-refractivity contribution is 5.91. The van der Waals surface area contributed by atoms with Gasteiger partial charge < -0.3 is 18.9 Å². The Morgan fingerprint density at radius 2 is 1.90 bits per heavy atom. The molecule has 1 heterocycles. The lowest BCUT2D eigenvalue weighted by Crippen LogP contribution is -2.54. The van der Waals surface area contributed by atoms with Crippen molar-refractivity contribution < 1.29 is 28.5 Å². The zero-order valence-electron chi connectivity index (χ0n) is 19.1. The van der Waals surface area contributed by atoms with Crippen LogP contribution in [0.3, 0.4) is 0 Å². The Morgan fingerprint density at radius 3 is 2.65 bits per heavy atom. The van der Waals surface area contributed by atoms with Crippen molar-refractivity contribution in [2.24, 2.45) is 29.1 Å². The maximum atomic E-state index is 12.2. The highest BCUT2D eigenvalue weighted by Gasteiger charge is 2.70. The van der Waals surface area contributed by atoms with Crippen molar-refractivity contribution in [1.29, 1.82) is 0 Å². The second-order valence-electron chi connectivity index (χ2n) is 10.4. The molecule has 0 aromatic carbocycles. The van der Waals surface area contributed by atoms with Gasteiger partial charge in [0.2, 0.25) is 0 Å². The number of ketones is 1. The summed E-state index contributed by atoms with van der Waals surface area (Å²) in [5, 5.41) is 0. The number of methoxy groups -OCH3 is 2. The number of rotatable bonds is 2. The summed E-state index contributed by atoms with van der Waals surface area (Å²) >= 11 is 0. The van der Waals surface area contributed by atoms with E-state index in [4.69, 9.17) is 18.9 Å². The van der Waals surface area contributed by atoms with Crippen LogP contribution in [0.2, 0.25) is 0 Å². The van der Waals surface area contributed by atoms with E-state index < -0.39 is 17.5 Å². The van der Waals surface area contributed by atoms with Crippen molar-refractivity contribution in [3.63, 3.8) is 0 Å². The van der Waals surface area contributed by atoms with E-state index in [9.17, 15) is 9.59 Å². The fourth-order valence-corrected chi connectivity index (χ4v) is 7.82. The maximum absolute atomic E-state index is 12.2. The minimum Gasteiger partial charge on any atom is -0.466 e. The molecule has 4 aliphatic carbocycles. The van der Waals surface area contributed by atoms with E-state index in [1.165, 1.54) is 18.8 Å². The van der Waals surface area contributed by atoms with Gasteiger partial charge in [0, 0.05) is 25.9 Å². The molecule has 170 valence electrons. The first-order valence-corrected chi connectivity index (χ1v) is 11.7. The fourth-order valence-electron chi connectivity index (χ4n) is 7.82. The van der Waals surface area contributed by atoms with Crippen molar-refractivity contribution in [1.82, 2.24) is 0 Å². The first-order chi connectivity index (χ1) is 14.7. The van der Waals surface area contributed by atoms with Crippen molar-refractivity contribution >= 4 is 11.8 Å². The van der Waals surface area contributed by atoms with Gasteiger partial charge in [-0.2, -0.15) is 0 Å². The Bertz CT molecular complexity index is 860. The standard InChI is InChI=1S/C25H34O6/c1-23-11-9-18-17-8-6-16(26)13-15(17)5-7-19(18)20(23)10-12-25(23)21(14-22(27)28-3)30-24(2,29-4)31-25/h13-14,17-20H,5-12H2,1-4H3/b21-14+/t17-,18+,19+,20-,23-,24-,25+/m0/s1. The summed E-state index contributed by atoms with van der Waals surface area (Å²) in [5.41, 5.74) is 0.573. The van der Waals surface area contributed by atoms with Gasteiger partial charge in [0.15, 0.2) is 5.78 Å². The molecule has 5 rings (SSSR count). The summed E-state index contributed by atoms with van der Waals surface area (Å²) in [6.45, 7) is 4.10. The van der Waals surface area contributed by atoms with Crippen LogP contribution in [-0.4, -0.2) is 37.5 Å². The number of hydrogen-bond acceptors (Lipinski definition) is 6. The third-order valence-electron chi connectivity index (χ3n) is 9.29. The molecule has 4 fully saturated rings. The third kappa shape index (κ3) is 2.97. The number of fused-ring (bicyclic) bond motifs is 6. The average Bonchev–Trinajstić information content (AvgIpc) is 3.22. The molecule has 3 saturated carbocycles. The van der Waals surface area contributed by atoms with Crippen LogP contribution in [0.15, 0.2) is 23.5 Å². The zero-order valence-corrected chi connectivity index (χ0v) is 19.1. The first kappa shape index (κ1) is 21.2.